The van der Waals surface area contributed by atoms with E-state index >= 15 is 0 Å². The summed E-state index contributed by atoms with van der Waals surface area (Å²) in [5.74, 6) is 0.510. The van der Waals surface area contributed by atoms with Gasteiger partial charge in [-0.25, -0.2) is 4.79 Å². The highest BCUT2D eigenvalue weighted by Crippen LogP contribution is 2.25. The number of hydrogen-bond donors (Lipinski definition) is 1. The van der Waals surface area contributed by atoms with E-state index in [1.165, 1.54) is 6.42 Å². The average molecular weight is 341 g/mol. The van der Waals surface area contributed by atoms with Gasteiger partial charge in [-0.2, -0.15) is 10.4 Å². The van der Waals surface area contributed by atoms with Gasteiger partial charge in [-0.1, -0.05) is 19.3 Å². The number of nitriles is 1. The molecule has 1 N–H and O–H groups in total. The number of urea groups is 1. The molecule has 2 heterocycles. The van der Waals surface area contributed by atoms with Gasteiger partial charge in [0.1, 0.15) is 0 Å². The highest BCUT2D eigenvalue weighted by molar-refractivity contribution is 5.88. The Hall–Kier alpha value is -2.75. The number of rotatable bonds is 6. The Labute approximate surface area is 147 Å². The molecule has 0 aromatic carbocycles. The van der Waals surface area contributed by atoms with E-state index in [9.17, 15) is 4.79 Å². The number of nitrogens with zero attached hydrogens (tertiary/aromatic N) is 4. The molecule has 1 aliphatic carbocycles. The number of anilines is 1. The first kappa shape index (κ1) is 17.1. The predicted molar refractivity (Wildman–Crippen MR) is 92.6 cm³/mol. The number of hydrogen-bond acceptors (Lipinski definition) is 4. The molecular formula is C18H23N5O2. The molecule has 0 spiro atoms. The van der Waals surface area contributed by atoms with Crippen molar-refractivity contribution in [2.45, 2.75) is 57.7 Å². The number of nitrogens with one attached hydrogen (secondary N) is 1. The second-order valence-electron chi connectivity index (χ2n) is 6.35. The molecule has 0 unspecified atom stereocenters. The first-order chi connectivity index (χ1) is 12.3. The molecule has 1 saturated carbocycles. The van der Waals surface area contributed by atoms with Crippen molar-refractivity contribution in [3.05, 3.63) is 36.4 Å². The maximum absolute atomic E-state index is 12.8. The monoisotopic (exact) mass is 341 g/mol. The summed E-state index contributed by atoms with van der Waals surface area (Å²) in [6.45, 7) is 1.05. The number of aryl methyl sites for hydroxylation is 1. The van der Waals surface area contributed by atoms with Crippen LogP contribution in [0.1, 0.15) is 44.1 Å². The van der Waals surface area contributed by atoms with Gasteiger partial charge < -0.3 is 9.32 Å². The zero-order valence-electron chi connectivity index (χ0n) is 14.2. The van der Waals surface area contributed by atoms with Crippen LogP contribution >= 0.6 is 0 Å². The highest BCUT2D eigenvalue weighted by Gasteiger charge is 2.26. The Balaban J connectivity index is 1.67. The Morgan fingerprint density at radius 1 is 1.40 bits per heavy atom. The van der Waals surface area contributed by atoms with Gasteiger partial charge in [-0.15, -0.1) is 0 Å². The fourth-order valence-corrected chi connectivity index (χ4v) is 3.24. The van der Waals surface area contributed by atoms with Crippen molar-refractivity contribution in [3.63, 3.8) is 0 Å². The van der Waals surface area contributed by atoms with Crippen LogP contribution < -0.4 is 5.32 Å². The van der Waals surface area contributed by atoms with Gasteiger partial charge >= 0.3 is 6.03 Å². The third-order valence-electron chi connectivity index (χ3n) is 4.54. The lowest BCUT2D eigenvalue weighted by molar-refractivity contribution is 0.162. The molecular weight excluding hydrogens is 318 g/mol. The summed E-state index contributed by atoms with van der Waals surface area (Å²) in [4.78, 5) is 14.7. The second kappa shape index (κ2) is 8.38. The Morgan fingerprint density at radius 2 is 2.24 bits per heavy atom. The van der Waals surface area contributed by atoms with Crippen LogP contribution in [-0.4, -0.2) is 26.8 Å². The lowest BCUT2D eigenvalue weighted by Gasteiger charge is -2.34. The van der Waals surface area contributed by atoms with Crippen molar-refractivity contribution in [3.8, 4) is 6.07 Å². The quantitative estimate of drug-likeness (QED) is 0.866. The minimum absolute atomic E-state index is 0.140. The standard InChI is InChI=1S/C18H23N5O2/c19-9-4-10-22-11-7-17(21-22)20-18(24)23(13-15-8-12-25-14-15)16-5-2-1-3-6-16/h7-8,11-12,14,16H,1-6,10,13H2,(H,20,21,24). The number of furan rings is 1. The molecule has 0 aliphatic heterocycles. The summed E-state index contributed by atoms with van der Waals surface area (Å²) in [7, 11) is 0. The minimum Gasteiger partial charge on any atom is -0.472 e. The number of carbonyl (C=O) groups is 1. The SMILES string of the molecule is N#CCCn1ccc(NC(=O)N(Cc2ccoc2)C2CCCCC2)n1. The maximum atomic E-state index is 12.8. The Kier molecular flexibility index (Phi) is 5.73. The van der Waals surface area contributed by atoms with Gasteiger partial charge in [0.05, 0.1) is 38.1 Å². The first-order valence-corrected chi connectivity index (χ1v) is 8.75. The average Bonchev–Trinajstić information content (AvgIpc) is 3.30. The van der Waals surface area contributed by atoms with E-state index in [0.717, 1.165) is 31.2 Å². The molecule has 132 valence electrons. The number of amides is 2. The van der Waals surface area contributed by atoms with Crippen LogP contribution in [0.15, 0.2) is 35.3 Å². The van der Waals surface area contributed by atoms with Gasteiger partial charge in [-0.3, -0.25) is 10.00 Å². The van der Waals surface area contributed by atoms with Gasteiger partial charge in [0.2, 0.25) is 0 Å². The molecule has 3 rings (SSSR count). The van der Waals surface area contributed by atoms with Crippen molar-refractivity contribution in [1.82, 2.24) is 14.7 Å². The minimum atomic E-state index is -0.140. The summed E-state index contributed by atoms with van der Waals surface area (Å²) in [6, 6.07) is 5.83. The van der Waals surface area contributed by atoms with Crippen LogP contribution in [0, 0.1) is 11.3 Å². The molecule has 2 aromatic rings. The number of carbonyl (C=O) groups excluding carboxylic acids is 1. The van der Waals surface area contributed by atoms with Crippen LogP contribution in [0.5, 0.6) is 0 Å². The topological polar surface area (TPSA) is 87.1 Å². The number of aromatic nitrogens is 2. The third-order valence-corrected chi connectivity index (χ3v) is 4.54. The van der Waals surface area contributed by atoms with Crippen LogP contribution in [0.2, 0.25) is 0 Å². The lowest BCUT2D eigenvalue weighted by Crippen LogP contribution is -2.43. The molecule has 1 fully saturated rings. The molecule has 0 radical (unpaired) electrons. The molecule has 1 aliphatic rings. The van der Waals surface area contributed by atoms with E-state index < -0.39 is 0 Å². The van der Waals surface area contributed by atoms with Crippen molar-refractivity contribution in [2.24, 2.45) is 0 Å². The van der Waals surface area contributed by atoms with Gasteiger partial charge in [0.25, 0.3) is 0 Å². The molecule has 0 atom stereocenters. The molecule has 2 aromatic heterocycles. The van der Waals surface area contributed by atoms with E-state index in [4.69, 9.17) is 9.68 Å². The van der Waals surface area contributed by atoms with E-state index in [2.05, 4.69) is 16.5 Å². The molecule has 7 heteroatoms. The fourth-order valence-electron chi connectivity index (χ4n) is 3.24. The Bertz CT molecular complexity index is 710. The van der Waals surface area contributed by atoms with E-state index in [1.807, 2.05) is 11.0 Å². The zero-order valence-corrected chi connectivity index (χ0v) is 14.2. The van der Waals surface area contributed by atoms with Gasteiger partial charge in [-0.05, 0) is 18.9 Å². The summed E-state index contributed by atoms with van der Waals surface area (Å²) in [5.41, 5.74) is 0.986. The van der Waals surface area contributed by atoms with Crippen molar-refractivity contribution in [2.75, 3.05) is 5.32 Å². The largest absolute Gasteiger partial charge is 0.472 e. The van der Waals surface area contributed by atoms with Gasteiger partial charge in [0, 0.05) is 23.9 Å². The highest BCUT2D eigenvalue weighted by atomic mass is 16.3. The van der Waals surface area contributed by atoms with Crippen LogP contribution in [0.3, 0.4) is 0 Å². The normalized spacial score (nSPS) is 14.8. The maximum Gasteiger partial charge on any atom is 0.323 e. The first-order valence-electron chi connectivity index (χ1n) is 8.75. The van der Waals surface area contributed by atoms with Crippen LogP contribution in [0.25, 0.3) is 0 Å². The summed E-state index contributed by atoms with van der Waals surface area (Å²) in [5, 5.41) is 15.8. The van der Waals surface area contributed by atoms with Gasteiger partial charge in [0.15, 0.2) is 5.82 Å². The molecule has 7 nitrogen and oxygen atoms in total. The summed E-state index contributed by atoms with van der Waals surface area (Å²) in [6.07, 6.45) is 11.1. The second-order valence-corrected chi connectivity index (χ2v) is 6.35. The Morgan fingerprint density at radius 3 is 2.96 bits per heavy atom. The van der Waals surface area contributed by atoms with E-state index in [1.54, 1.807) is 29.5 Å². The van der Waals surface area contributed by atoms with Crippen molar-refractivity contribution in [1.29, 1.82) is 5.26 Å². The van der Waals surface area contributed by atoms with E-state index in [-0.39, 0.29) is 12.1 Å². The summed E-state index contributed by atoms with van der Waals surface area (Å²) < 4.78 is 6.81. The summed E-state index contributed by atoms with van der Waals surface area (Å²) >= 11 is 0. The molecule has 0 bridgehead atoms. The van der Waals surface area contributed by atoms with Crippen LogP contribution in [0.4, 0.5) is 10.6 Å². The van der Waals surface area contributed by atoms with Crippen molar-refractivity contribution < 1.29 is 9.21 Å². The van der Waals surface area contributed by atoms with Crippen LogP contribution in [-0.2, 0) is 13.1 Å². The van der Waals surface area contributed by atoms with E-state index in [0.29, 0.717) is 25.3 Å². The third kappa shape index (κ3) is 4.63. The lowest BCUT2D eigenvalue weighted by atomic mass is 9.94. The molecule has 0 saturated heterocycles. The smallest absolute Gasteiger partial charge is 0.323 e. The predicted octanol–water partition coefficient (Wildman–Crippen LogP) is 3.76. The zero-order chi connectivity index (χ0) is 17.5. The molecule has 25 heavy (non-hydrogen) atoms. The molecule has 2 amide bonds. The fraction of sp³-hybridized carbons (Fsp3) is 0.500. The van der Waals surface area contributed by atoms with Crippen molar-refractivity contribution >= 4 is 11.8 Å².